The zero-order valence-corrected chi connectivity index (χ0v) is 19.1. The molecule has 12 heteroatoms. The summed E-state index contributed by atoms with van der Waals surface area (Å²) in [6.07, 6.45) is 8.04. The van der Waals surface area contributed by atoms with E-state index >= 15 is 0 Å². The van der Waals surface area contributed by atoms with Crippen LogP contribution in [-0.4, -0.2) is 44.6 Å². The van der Waals surface area contributed by atoms with Crippen molar-refractivity contribution in [3.63, 3.8) is 0 Å². The Bertz CT molecular complexity index is 1360. The summed E-state index contributed by atoms with van der Waals surface area (Å²) < 4.78 is 43.7. The number of carbonyl (C=O) groups is 1. The van der Waals surface area contributed by atoms with E-state index in [9.17, 15) is 22.8 Å². The van der Waals surface area contributed by atoms with Gasteiger partial charge in [-0.25, -0.2) is 9.37 Å². The van der Waals surface area contributed by atoms with Gasteiger partial charge in [0.1, 0.15) is 18.1 Å². The van der Waals surface area contributed by atoms with Gasteiger partial charge in [-0.1, -0.05) is 12.2 Å². The molecule has 0 fully saturated rings. The number of anilines is 1. The molecule has 0 unspecified atom stereocenters. The molecule has 0 aliphatic carbocycles. The molecule has 0 saturated heterocycles. The number of fused-ring (bicyclic) bond motifs is 1. The number of aromatic nitrogens is 4. The van der Waals surface area contributed by atoms with Crippen molar-refractivity contribution in [2.45, 2.75) is 32.9 Å². The Hall–Kier alpha value is -4.22. The molecule has 35 heavy (non-hydrogen) atoms. The Balaban J connectivity index is 1.68. The van der Waals surface area contributed by atoms with Crippen molar-refractivity contribution in [2.75, 3.05) is 11.9 Å². The number of aromatic amines is 1. The van der Waals surface area contributed by atoms with Gasteiger partial charge >= 0.3 is 5.92 Å². The maximum atomic E-state index is 14.5. The first-order valence-electron chi connectivity index (χ1n) is 10.5. The van der Waals surface area contributed by atoms with Crippen molar-refractivity contribution in [2.24, 2.45) is 4.99 Å². The van der Waals surface area contributed by atoms with Crippen LogP contribution in [0.15, 0.2) is 58.4 Å². The third kappa shape index (κ3) is 6.02. The average molecular weight is 487 g/mol. The van der Waals surface area contributed by atoms with Gasteiger partial charge in [0.15, 0.2) is 5.82 Å². The zero-order chi connectivity index (χ0) is 25.6. The number of carbonyl (C=O) groups excluding carboxylic acids is 1. The summed E-state index contributed by atoms with van der Waals surface area (Å²) in [5, 5.41) is 5.28. The highest BCUT2D eigenvalue weighted by Gasteiger charge is 2.34. The number of amides is 1. The summed E-state index contributed by atoms with van der Waals surface area (Å²) in [4.78, 5) is 39.3. The fourth-order valence-electron chi connectivity index (χ4n) is 3.17. The van der Waals surface area contributed by atoms with Crippen molar-refractivity contribution >= 4 is 29.3 Å². The highest BCUT2D eigenvalue weighted by molar-refractivity contribution is 5.80. The number of hydrogen-bond acceptors (Lipinski definition) is 6. The first-order valence-corrected chi connectivity index (χ1v) is 10.5. The van der Waals surface area contributed by atoms with Crippen LogP contribution in [0.4, 0.5) is 19.0 Å². The van der Waals surface area contributed by atoms with Crippen molar-refractivity contribution in [3.8, 4) is 0 Å². The second-order valence-corrected chi connectivity index (χ2v) is 7.57. The Morgan fingerprint density at radius 3 is 2.83 bits per heavy atom. The van der Waals surface area contributed by atoms with E-state index < -0.39 is 35.4 Å². The molecule has 3 rings (SSSR count). The van der Waals surface area contributed by atoms with Gasteiger partial charge in [0.25, 0.3) is 5.56 Å². The molecule has 0 aliphatic heterocycles. The predicted molar refractivity (Wildman–Crippen MR) is 127 cm³/mol. The third-order valence-corrected chi connectivity index (χ3v) is 5.06. The molecule has 184 valence electrons. The fourth-order valence-corrected chi connectivity index (χ4v) is 3.17. The monoisotopic (exact) mass is 487 g/mol. The highest BCUT2D eigenvalue weighted by atomic mass is 19.3. The number of H-pyrrole nitrogens is 1. The van der Waals surface area contributed by atoms with Crippen LogP contribution in [0.5, 0.6) is 0 Å². The minimum Gasteiger partial charge on any atom is -0.359 e. The van der Waals surface area contributed by atoms with E-state index in [2.05, 4.69) is 37.3 Å². The number of rotatable bonds is 10. The summed E-state index contributed by atoms with van der Waals surface area (Å²) in [5.41, 5.74) is -0.00436. The highest BCUT2D eigenvalue weighted by Crippen LogP contribution is 2.25. The molecule has 1 amide bonds. The number of aryl methyl sites for hydroxylation is 1. The van der Waals surface area contributed by atoms with E-state index in [1.54, 1.807) is 19.9 Å². The zero-order valence-electron chi connectivity index (χ0n) is 19.1. The van der Waals surface area contributed by atoms with Gasteiger partial charge in [0.2, 0.25) is 5.91 Å². The molecule has 3 N–H and O–H groups in total. The van der Waals surface area contributed by atoms with Gasteiger partial charge in [-0.3, -0.25) is 24.1 Å². The van der Waals surface area contributed by atoms with E-state index in [1.165, 1.54) is 30.7 Å². The average Bonchev–Trinajstić information content (AvgIpc) is 3.20. The van der Waals surface area contributed by atoms with E-state index in [0.29, 0.717) is 22.3 Å². The van der Waals surface area contributed by atoms with Crippen LogP contribution in [0.1, 0.15) is 18.3 Å². The van der Waals surface area contributed by atoms with Gasteiger partial charge in [0.05, 0.1) is 30.5 Å². The smallest absolute Gasteiger partial charge is 0.306 e. The van der Waals surface area contributed by atoms with Crippen LogP contribution >= 0.6 is 0 Å². The summed E-state index contributed by atoms with van der Waals surface area (Å²) >= 11 is 0. The minimum atomic E-state index is -3.42. The maximum absolute atomic E-state index is 14.5. The van der Waals surface area contributed by atoms with Gasteiger partial charge in [-0.05, 0) is 32.7 Å². The second-order valence-electron chi connectivity index (χ2n) is 7.57. The molecule has 9 nitrogen and oxygen atoms in total. The van der Waals surface area contributed by atoms with Crippen LogP contribution in [-0.2, 0) is 17.9 Å². The van der Waals surface area contributed by atoms with Gasteiger partial charge < -0.3 is 15.6 Å². The number of pyridine rings is 1. The quantitative estimate of drug-likeness (QED) is 0.300. The number of halogens is 3. The molecule has 0 saturated carbocycles. The minimum absolute atomic E-state index is 0.00543. The van der Waals surface area contributed by atoms with Gasteiger partial charge in [0, 0.05) is 23.5 Å². The second kappa shape index (κ2) is 10.8. The van der Waals surface area contributed by atoms with Crippen molar-refractivity contribution in [3.05, 3.63) is 76.1 Å². The molecular formula is C23H24F3N7O2. The fraction of sp³-hybridized carbons (Fsp3) is 0.261. The summed E-state index contributed by atoms with van der Waals surface area (Å²) in [6.45, 7) is 5.06. The van der Waals surface area contributed by atoms with Crippen molar-refractivity contribution in [1.29, 1.82) is 0 Å². The van der Waals surface area contributed by atoms with Gasteiger partial charge in [-0.15, -0.1) is 0 Å². The van der Waals surface area contributed by atoms with Crippen LogP contribution in [0.2, 0.25) is 0 Å². The number of allylic oxidation sites excluding steroid dienone is 3. The number of aliphatic imine (C=N–C) groups is 1. The number of alkyl halides is 2. The lowest BCUT2D eigenvalue weighted by Gasteiger charge is -2.18. The predicted octanol–water partition coefficient (Wildman–Crippen LogP) is 3.09. The Kier molecular flexibility index (Phi) is 7.84. The molecule has 3 heterocycles. The lowest BCUT2D eigenvalue weighted by Crippen LogP contribution is -2.36. The van der Waals surface area contributed by atoms with Crippen molar-refractivity contribution in [1.82, 2.24) is 24.8 Å². The Morgan fingerprint density at radius 1 is 1.34 bits per heavy atom. The van der Waals surface area contributed by atoms with Crippen LogP contribution in [0, 0.1) is 12.7 Å². The first kappa shape index (κ1) is 25.4. The van der Waals surface area contributed by atoms with Crippen LogP contribution in [0.25, 0.3) is 10.9 Å². The van der Waals surface area contributed by atoms with E-state index in [0.717, 1.165) is 10.6 Å². The topological polar surface area (TPSA) is 117 Å². The SMILES string of the molecule is C=N/C(=C\C=C/C)C(F)(F)CNc1ncc(C)n(CC(=O)NCc2cc3c(F)c[nH]c3cn2)c1=O. The van der Waals surface area contributed by atoms with E-state index in [1.807, 2.05) is 0 Å². The molecule has 0 aliphatic rings. The molecule has 0 aromatic carbocycles. The maximum Gasteiger partial charge on any atom is 0.306 e. The lowest BCUT2D eigenvalue weighted by atomic mass is 10.2. The normalized spacial score (nSPS) is 12.3. The summed E-state index contributed by atoms with van der Waals surface area (Å²) in [5.74, 6) is -4.72. The third-order valence-electron chi connectivity index (χ3n) is 5.06. The van der Waals surface area contributed by atoms with Crippen LogP contribution < -0.4 is 16.2 Å². The van der Waals surface area contributed by atoms with Gasteiger partial charge in [-0.2, -0.15) is 8.78 Å². The Labute approximate surface area is 198 Å². The van der Waals surface area contributed by atoms with E-state index in [4.69, 9.17) is 0 Å². The molecule has 3 aromatic heterocycles. The molecule has 0 atom stereocenters. The Morgan fingerprint density at radius 2 is 2.11 bits per heavy atom. The largest absolute Gasteiger partial charge is 0.359 e. The summed E-state index contributed by atoms with van der Waals surface area (Å²) in [6, 6.07) is 1.50. The molecule has 0 radical (unpaired) electrons. The molecule has 0 bridgehead atoms. The number of nitrogens with one attached hydrogen (secondary N) is 3. The molecule has 3 aromatic rings. The standard InChI is InChI=1S/C23H24F3N7O2/c1-4-5-6-19(27-3)23(25,26)13-32-21-22(35)33(14(2)8-31-21)12-20(34)30-9-15-7-16-17(24)10-29-18(16)11-28-15/h4-8,10-11,29H,3,9,12-13H2,1-2H3,(H,30,34)(H,31,32)/b5-4-,19-6-. The molecule has 0 spiro atoms. The first-order chi connectivity index (χ1) is 16.7. The number of nitrogens with zero attached hydrogens (tertiary/aromatic N) is 4. The van der Waals surface area contributed by atoms with Crippen molar-refractivity contribution < 1.29 is 18.0 Å². The lowest BCUT2D eigenvalue weighted by molar-refractivity contribution is -0.121. The van der Waals surface area contributed by atoms with Crippen LogP contribution in [0.3, 0.4) is 0 Å². The van der Waals surface area contributed by atoms with E-state index in [-0.39, 0.29) is 18.9 Å². The summed E-state index contributed by atoms with van der Waals surface area (Å²) in [7, 11) is 0. The molecular weight excluding hydrogens is 463 g/mol. The number of hydrogen-bond donors (Lipinski definition) is 3.